The number of ether oxygens (including phenoxy) is 3. The topological polar surface area (TPSA) is 90.9 Å². The molecule has 0 aromatic heterocycles. The first kappa shape index (κ1) is 39.6. The minimum Gasteiger partial charge on any atom is -0.370 e. The molecule has 266 valence electrons. The van der Waals surface area contributed by atoms with Crippen LogP contribution in [0.5, 0.6) is 0 Å². The number of benzene rings is 2. The van der Waals surface area contributed by atoms with Gasteiger partial charge in [0, 0.05) is 24.2 Å². The van der Waals surface area contributed by atoms with Crippen molar-refractivity contribution in [1.82, 2.24) is 5.32 Å². The van der Waals surface area contributed by atoms with E-state index in [4.69, 9.17) is 14.2 Å². The minimum atomic E-state index is -0.542. The summed E-state index contributed by atoms with van der Waals surface area (Å²) in [7, 11) is 0. The molecule has 1 N–H and O–H groups in total. The van der Waals surface area contributed by atoms with Crippen LogP contribution in [-0.4, -0.2) is 47.4 Å². The maximum Gasteiger partial charge on any atom is 0.223 e. The Hall–Kier alpha value is -2.87. The quantitative estimate of drug-likeness (QED) is 0.135. The average Bonchev–Trinajstić information content (AvgIpc) is 3.07. The summed E-state index contributed by atoms with van der Waals surface area (Å²) in [5, 5.41) is 2.94. The van der Waals surface area contributed by atoms with E-state index in [0.717, 1.165) is 56.1 Å². The maximum absolute atomic E-state index is 13.0. The van der Waals surface area contributed by atoms with Gasteiger partial charge in [0.05, 0.1) is 37.1 Å². The van der Waals surface area contributed by atoms with Crippen molar-refractivity contribution in [2.75, 3.05) is 0 Å². The van der Waals surface area contributed by atoms with Gasteiger partial charge in [0.1, 0.15) is 11.9 Å². The Kier molecular flexibility index (Phi) is 16.5. The van der Waals surface area contributed by atoms with Crippen molar-refractivity contribution in [3.63, 3.8) is 0 Å². The molecule has 48 heavy (non-hydrogen) atoms. The molecule has 0 unspecified atom stereocenters. The highest BCUT2D eigenvalue weighted by atomic mass is 16.6. The molecular weight excluding hydrogens is 602 g/mol. The lowest BCUT2D eigenvalue weighted by molar-refractivity contribution is -0.273. The zero-order chi connectivity index (χ0) is 35.1. The van der Waals surface area contributed by atoms with Crippen molar-refractivity contribution in [1.29, 1.82) is 0 Å². The molecule has 1 fully saturated rings. The molecule has 1 aliphatic rings. The van der Waals surface area contributed by atoms with E-state index in [9.17, 15) is 14.4 Å². The third-order valence-corrected chi connectivity index (χ3v) is 9.98. The maximum atomic E-state index is 13.0. The number of hydrogen-bond acceptors (Lipinski definition) is 6. The van der Waals surface area contributed by atoms with E-state index in [0.29, 0.717) is 19.6 Å². The summed E-state index contributed by atoms with van der Waals surface area (Å²) < 4.78 is 20.4. The van der Waals surface area contributed by atoms with Gasteiger partial charge in [-0.3, -0.25) is 14.4 Å². The smallest absolute Gasteiger partial charge is 0.223 e. The Balaban J connectivity index is 1.61. The largest absolute Gasteiger partial charge is 0.370 e. The standard InChI is InChI=1S/C41H61NO6/c1-8-37-31(5)38(46-27-33-20-14-12-15-21-33)39(47-28-34-22-16-13-17-23-34)41(7,48-37)25-19-11-9-10-18-24-35(42-40(45)29(2)3)36(44)26-30(4)32(6)43/h12-17,20-23,29-31,35,37-39H,8-11,18-19,24-28H2,1-7H3,(H,42,45)/t30-,31+,35+,37-,38+,39-,41+/m1/s1. The van der Waals surface area contributed by atoms with Crippen LogP contribution in [0.2, 0.25) is 0 Å². The van der Waals surface area contributed by atoms with Gasteiger partial charge in [-0.1, -0.05) is 127 Å². The first-order chi connectivity index (χ1) is 22.9. The normalized spacial score (nSPS) is 23.8. The number of hydrogen-bond donors (Lipinski definition) is 1. The third-order valence-electron chi connectivity index (χ3n) is 9.98. The number of Topliss-reactive ketones (excluding diaryl/α,β-unsaturated/α-hetero) is 2. The number of carbonyl (C=O) groups excluding carboxylic acids is 3. The Morgan fingerprint density at radius 1 is 0.854 bits per heavy atom. The number of rotatable bonds is 21. The molecule has 7 heteroatoms. The SMILES string of the molecule is CC[C@H]1O[C@@](C)(CCCCCCC[C@H](NC(=O)C(C)C)C(=O)C[C@@H](C)C(C)=O)[C@H](OCc2ccccc2)[C@@H](OCc2ccccc2)[C@H]1C. The molecule has 1 heterocycles. The summed E-state index contributed by atoms with van der Waals surface area (Å²) in [5.74, 6) is -0.544. The molecule has 0 bridgehead atoms. The first-order valence-corrected chi connectivity index (χ1v) is 18.3. The molecule has 0 spiro atoms. The molecule has 0 radical (unpaired) electrons. The molecule has 2 aromatic rings. The van der Waals surface area contributed by atoms with Gasteiger partial charge in [-0.2, -0.15) is 0 Å². The second-order valence-electron chi connectivity index (χ2n) is 14.4. The van der Waals surface area contributed by atoms with Crippen molar-refractivity contribution in [2.45, 2.75) is 149 Å². The van der Waals surface area contributed by atoms with Gasteiger partial charge in [-0.25, -0.2) is 0 Å². The van der Waals surface area contributed by atoms with Gasteiger partial charge in [0.2, 0.25) is 5.91 Å². The molecule has 7 nitrogen and oxygen atoms in total. The highest BCUT2D eigenvalue weighted by Gasteiger charge is 2.51. The second-order valence-corrected chi connectivity index (χ2v) is 14.4. The Labute approximate surface area is 289 Å². The van der Waals surface area contributed by atoms with Crippen molar-refractivity contribution >= 4 is 17.5 Å². The summed E-state index contributed by atoms with van der Waals surface area (Å²) >= 11 is 0. The van der Waals surface area contributed by atoms with Crippen LogP contribution >= 0.6 is 0 Å². The summed E-state index contributed by atoms with van der Waals surface area (Å²) in [4.78, 5) is 37.2. The van der Waals surface area contributed by atoms with Gasteiger partial charge < -0.3 is 19.5 Å². The second kappa shape index (κ2) is 20.0. The van der Waals surface area contributed by atoms with Crippen molar-refractivity contribution < 1.29 is 28.6 Å². The van der Waals surface area contributed by atoms with E-state index in [1.165, 1.54) is 6.92 Å². The van der Waals surface area contributed by atoms with E-state index < -0.39 is 11.6 Å². The molecule has 7 atom stereocenters. The van der Waals surface area contributed by atoms with Crippen LogP contribution in [0.25, 0.3) is 0 Å². The predicted molar refractivity (Wildman–Crippen MR) is 191 cm³/mol. The molecular formula is C41H61NO6. The fourth-order valence-corrected chi connectivity index (χ4v) is 6.64. The molecule has 3 rings (SSSR count). The Morgan fingerprint density at radius 2 is 1.42 bits per heavy atom. The summed E-state index contributed by atoms with van der Waals surface area (Å²) in [6.07, 6.45) is 7.10. The number of amides is 1. The van der Waals surface area contributed by atoms with Crippen LogP contribution in [0.15, 0.2) is 60.7 Å². The number of unbranched alkanes of at least 4 members (excludes halogenated alkanes) is 4. The monoisotopic (exact) mass is 663 g/mol. The van der Waals surface area contributed by atoms with Crippen molar-refractivity contribution in [3.05, 3.63) is 71.8 Å². The van der Waals surface area contributed by atoms with Crippen LogP contribution in [0.4, 0.5) is 0 Å². The van der Waals surface area contributed by atoms with Gasteiger partial charge in [-0.15, -0.1) is 0 Å². The molecule has 1 aliphatic heterocycles. The van der Waals surface area contributed by atoms with Gasteiger partial charge in [-0.05, 0) is 44.2 Å². The molecule has 0 aliphatic carbocycles. The first-order valence-electron chi connectivity index (χ1n) is 18.3. The van der Waals surface area contributed by atoms with E-state index in [2.05, 4.69) is 50.4 Å². The Morgan fingerprint density at radius 3 is 1.98 bits per heavy atom. The lowest BCUT2D eigenvalue weighted by Gasteiger charge is -2.51. The fraction of sp³-hybridized carbons (Fsp3) is 0.634. The third kappa shape index (κ3) is 12.2. The van der Waals surface area contributed by atoms with Gasteiger partial charge in [0.25, 0.3) is 0 Å². The van der Waals surface area contributed by atoms with E-state index >= 15 is 0 Å². The van der Waals surface area contributed by atoms with Crippen LogP contribution < -0.4 is 5.32 Å². The highest BCUT2D eigenvalue weighted by molar-refractivity contribution is 5.92. The molecule has 1 saturated heterocycles. The van der Waals surface area contributed by atoms with Crippen LogP contribution in [0.3, 0.4) is 0 Å². The Bertz CT molecular complexity index is 1250. The number of carbonyl (C=O) groups is 3. The van der Waals surface area contributed by atoms with Crippen LogP contribution in [-0.2, 0) is 41.8 Å². The molecule has 1 amide bonds. The lowest BCUT2D eigenvalue weighted by atomic mass is 9.78. The van der Waals surface area contributed by atoms with Crippen molar-refractivity contribution in [3.8, 4) is 0 Å². The van der Waals surface area contributed by atoms with Crippen molar-refractivity contribution in [2.24, 2.45) is 17.8 Å². The van der Waals surface area contributed by atoms with Crippen LogP contribution in [0.1, 0.15) is 117 Å². The zero-order valence-corrected chi connectivity index (χ0v) is 30.5. The lowest BCUT2D eigenvalue weighted by Crippen LogP contribution is -2.61. The van der Waals surface area contributed by atoms with E-state index in [-0.39, 0.29) is 60.0 Å². The molecule has 0 saturated carbocycles. The highest BCUT2D eigenvalue weighted by Crippen LogP contribution is 2.41. The number of nitrogens with one attached hydrogen (secondary N) is 1. The van der Waals surface area contributed by atoms with Crippen LogP contribution in [0, 0.1) is 17.8 Å². The predicted octanol–water partition coefficient (Wildman–Crippen LogP) is 8.42. The molecule has 2 aromatic carbocycles. The van der Waals surface area contributed by atoms with Gasteiger partial charge >= 0.3 is 0 Å². The number of ketones is 2. The fourth-order valence-electron chi connectivity index (χ4n) is 6.64. The zero-order valence-electron chi connectivity index (χ0n) is 30.5. The van der Waals surface area contributed by atoms with Gasteiger partial charge in [0.15, 0.2) is 5.78 Å². The average molecular weight is 664 g/mol. The minimum absolute atomic E-state index is 0.00516. The summed E-state index contributed by atoms with van der Waals surface area (Å²) in [5.41, 5.74) is 1.77. The summed E-state index contributed by atoms with van der Waals surface area (Å²) in [6, 6.07) is 20.1. The van der Waals surface area contributed by atoms with E-state index in [1.54, 1.807) is 6.92 Å². The summed E-state index contributed by atoms with van der Waals surface area (Å²) in [6.45, 7) is 14.6. The van der Waals surface area contributed by atoms with E-state index in [1.807, 2.05) is 50.2 Å².